The maximum absolute atomic E-state index is 11.0. The van der Waals surface area contributed by atoms with Crippen molar-refractivity contribution < 1.29 is 22.5 Å². The van der Waals surface area contributed by atoms with Gasteiger partial charge in [-0.2, -0.15) is 8.42 Å². The van der Waals surface area contributed by atoms with Crippen LogP contribution in [0.25, 0.3) is 0 Å². The van der Waals surface area contributed by atoms with Crippen LogP contribution in [0.4, 0.5) is 0 Å². The topological polar surface area (TPSA) is 80.7 Å². The molecule has 0 fully saturated rings. The van der Waals surface area contributed by atoms with E-state index in [9.17, 15) is 13.2 Å². The molecule has 0 amide bonds. The van der Waals surface area contributed by atoms with Gasteiger partial charge in [-0.25, -0.2) is 4.79 Å². The Labute approximate surface area is 109 Å². The van der Waals surface area contributed by atoms with Crippen molar-refractivity contribution in [3.63, 3.8) is 0 Å². The van der Waals surface area contributed by atoms with Crippen molar-refractivity contribution in [1.82, 2.24) is 0 Å². The Balaban J connectivity index is 3.27. The molecule has 0 saturated heterocycles. The molecule has 5 nitrogen and oxygen atoms in total. The Kier molecular flexibility index (Phi) is 8.66. The van der Waals surface area contributed by atoms with Gasteiger partial charge in [0.15, 0.2) is 0 Å². The van der Waals surface area contributed by atoms with E-state index in [1.807, 2.05) is 0 Å². The molecule has 18 heavy (non-hydrogen) atoms. The average Bonchev–Trinajstić information content (AvgIpc) is 2.24. The van der Waals surface area contributed by atoms with Crippen LogP contribution < -0.4 is 0 Å². The Hall–Kier alpha value is -0.880. The number of hydrogen-bond donors (Lipinski definition) is 1. The zero-order valence-electron chi connectivity index (χ0n) is 10.9. The lowest BCUT2D eigenvalue weighted by atomic mass is 10.1. The third-order valence-electron chi connectivity index (χ3n) is 2.38. The predicted octanol–water partition coefficient (Wildman–Crippen LogP) is 2.33. The first-order chi connectivity index (χ1) is 8.33. The van der Waals surface area contributed by atoms with Gasteiger partial charge in [0, 0.05) is 5.57 Å². The van der Waals surface area contributed by atoms with E-state index in [-0.39, 0.29) is 11.7 Å². The first-order valence-corrected chi connectivity index (χ1v) is 7.71. The van der Waals surface area contributed by atoms with E-state index >= 15 is 0 Å². The highest BCUT2D eigenvalue weighted by Gasteiger charge is 2.03. The average molecular weight is 278 g/mol. The number of ether oxygens (including phenoxy) is 1. The van der Waals surface area contributed by atoms with Gasteiger partial charge in [-0.1, -0.05) is 32.3 Å². The third-order valence-corrected chi connectivity index (χ3v) is 3.18. The summed E-state index contributed by atoms with van der Waals surface area (Å²) in [6.45, 7) is 5.49. The molecule has 106 valence electrons. The molecule has 0 aromatic carbocycles. The highest BCUT2D eigenvalue weighted by atomic mass is 32.2. The highest BCUT2D eigenvalue weighted by molar-refractivity contribution is 7.85. The zero-order chi connectivity index (χ0) is 14.0. The van der Waals surface area contributed by atoms with Crippen LogP contribution in [-0.2, 0) is 19.6 Å². The maximum Gasteiger partial charge on any atom is 0.333 e. The van der Waals surface area contributed by atoms with Crippen LogP contribution in [0.1, 0.15) is 45.4 Å². The largest absolute Gasteiger partial charge is 0.462 e. The van der Waals surface area contributed by atoms with E-state index in [2.05, 4.69) is 6.58 Å². The van der Waals surface area contributed by atoms with Gasteiger partial charge in [-0.3, -0.25) is 4.55 Å². The molecular formula is C12H22O5S. The van der Waals surface area contributed by atoms with Gasteiger partial charge in [0.2, 0.25) is 0 Å². The fraction of sp³-hybridized carbons (Fsp3) is 0.750. The first kappa shape index (κ1) is 17.1. The Bertz CT molecular complexity index is 359. The predicted molar refractivity (Wildman–Crippen MR) is 69.9 cm³/mol. The van der Waals surface area contributed by atoms with Crippen LogP contribution >= 0.6 is 0 Å². The van der Waals surface area contributed by atoms with Crippen molar-refractivity contribution in [3.8, 4) is 0 Å². The standard InChI is InChI=1S/C12H22O5S/c1-11(2)12(13)17-9-7-5-3-4-6-8-10-18(14,15)16/h1,3-10H2,2H3,(H,14,15,16). The molecule has 0 rings (SSSR count). The summed E-state index contributed by atoms with van der Waals surface area (Å²) in [5.41, 5.74) is 0.403. The number of esters is 1. The fourth-order valence-corrected chi connectivity index (χ4v) is 1.95. The molecule has 6 heteroatoms. The molecule has 0 aromatic rings. The lowest BCUT2D eigenvalue weighted by Crippen LogP contribution is -2.06. The summed E-state index contributed by atoms with van der Waals surface area (Å²) in [6, 6.07) is 0. The Morgan fingerprint density at radius 1 is 1.11 bits per heavy atom. The summed E-state index contributed by atoms with van der Waals surface area (Å²) in [4.78, 5) is 11.0. The zero-order valence-corrected chi connectivity index (χ0v) is 11.7. The second kappa shape index (κ2) is 9.10. The van der Waals surface area contributed by atoms with E-state index in [1.165, 1.54) is 0 Å². The number of rotatable bonds is 10. The monoisotopic (exact) mass is 278 g/mol. The molecule has 1 N–H and O–H groups in total. The van der Waals surface area contributed by atoms with Crippen molar-refractivity contribution in [2.45, 2.75) is 45.4 Å². The van der Waals surface area contributed by atoms with Crippen LogP contribution in [0.3, 0.4) is 0 Å². The van der Waals surface area contributed by atoms with Gasteiger partial charge in [-0.15, -0.1) is 0 Å². The molecule has 0 aliphatic heterocycles. The van der Waals surface area contributed by atoms with Crippen LogP contribution in [0.5, 0.6) is 0 Å². The molecule has 0 atom stereocenters. The molecule has 0 aromatic heterocycles. The summed E-state index contributed by atoms with van der Waals surface area (Å²) in [5.74, 6) is -0.522. The summed E-state index contributed by atoms with van der Waals surface area (Å²) in [6.07, 6.45) is 4.90. The summed E-state index contributed by atoms with van der Waals surface area (Å²) < 4.78 is 34.3. The normalized spacial score (nSPS) is 11.2. The van der Waals surface area contributed by atoms with Crippen LogP contribution in [0.15, 0.2) is 12.2 Å². The van der Waals surface area contributed by atoms with Crippen molar-refractivity contribution in [2.24, 2.45) is 0 Å². The van der Waals surface area contributed by atoms with Crippen molar-refractivity contribution >= 4 is 16.1 Å². The van der Waals surface area contributed by atoms with Crippen molar-refractivity contribution in [3.05, 3.63) is 12.2 Å². The molecule has 0 bridgehead atoms. The van der Waals surface area contributed by atoms with Crippen LogP contribution in [0.2, 0.25) is 0 Å². The lowest BCUT2D eigenvalue weighted by molar-refractivity contribution is -0.139. The number of hydrogen-bond acceptors (Lipinski definition) is 4. The van der Waals surface area contributed by atoms with Gasteiger partial charge in [0.1, 0.15) is 0 Å². The third kappa shape index (κ3) is 11.6. The molecular weight excluding hydrogens is 256 g/mol. The molecule has 0 heterocycles. The van der Waals surface area contributed by atoms with E-state index in [0.717, 1.165) is 32.1 Å². The Morgan fingerprint density at radius 3 is 2.11 bits per heavy atom. The number of carbonyl (C=O) groups excluding carboxylic acids is 1. The van der Waals surface area contributed by atoms with Gasteiger partial charge in [0.25, 0.3) is 10.1 Å². The SMILES string of the molecule is C=C(C)C(=O)OCCCCCCCCS(=O)(=O)O. The van der Waals surface area contributed by atoms with E-state index in [0.29, 0.717) is 18.6 Å². The van der Waals surface area contributed by atoms with Gasteiger partial charge in [-0.05, 0) is 19.8 Å². The summed E-state index contributed by atoms with van der Waals surface area (Å²) in [7, 11) is -3.81. The van der Waals surface area contributed by atoms with Gasteiger partial charge < -0.3 is 4.74 Å². The molecule has 0 unspecified atom stereocenters. The molecule has 0 aliphatic rings. The van der Waals surface area contributed by atoms with Crippen LogP contribution in [-0.4, -0.2) is 31.3 Å². The molecule has 0 saturated carbocycles. The quantitative estimate of drug-likeness (QED) is 0.287. The fourth-order valence-electron chi connectivity index (χ4n) is 1.38. The molecule has 0 radical (unpaired) electrons. The summed E-state index contributed by atoms with van der Waals surface area (Å²) in [5, 5.41) is 0. The molecule has 0 spiro atoms. The first-order valence-electron chi connectivity index (χ1n) is 6.11. The summed E-state index contributed by atoms with van der Waals surface area (Å²) >= 11 is 0. The smallest absolute Gasteiger partial charge is 0.333 e. The maximum atomic E-state index is 11.0. The minimum absolute atomic E-state index is 0.163. The van der Waals surface area contributed by atoms with Gasteiger partial charge >= 0.3 is 5.97 Å². The Morgan fingerprint density at radius 2 is 1.61 bits per heavy atom. The van der Waals surface area contributed by atoms with E-state index < -0.39 is 10.1 Å². The number of unbranched alkanes of at least 4 members (excludes halogenated alkanes) is 5. The minimum Gasteiger partial charge on any atom is -0.462 e. The minimum atomic E-state index is -3.81. The van der Waals surface area contributed by atoms with Crippen molar-refractivity contribution in [1.29, 1.82) is 0 Å². The van der Waals surface area contributed by atoms with Crippen LogP contribution in [0, 0.1) is 0 Å². The second-order valence-electron chi connectivity index (χ2n) is 4.32. The molecule has 0 aliphatic carbocycles. The van der Waals surface area contributed by atoms with Gasteiger partial charge in [0.05, 0.1) is 12.4 Å². The number of carbonyl (C=O) groups is 1. The van der Waals surface area contributed by atoms with E-state index in [4.69, 9.17) is 9.29 Å². The van der Waals surface area contributed by atoms with Crippen molar-refractivity contribution in [2.75, 3.05) is 12.4 Å². The lowest BCUT2D eigenvalue weighted by Gasteiger charge is -2.04. The van der Waals surface area contributed by atoms with E-state index in [1.54, 1.807) is 6.92 Å². The second-order valence-corrected chi connectivity index (χ2v) is 5.90. The highest BCUT2D eigenvalue weighted by Crippen LogP contribution is 2.07.